The van der Waals surface area contributed by atoms with Crippen molar-refractivity contribution in [3.8, 4) is 5.88 Å². The minimum Gasteiger partial charge on any atom is -0.389 e. The van der Waals surface area contributed by atoms with Gasteiger partial charge in [-0.3, -0.25) is 4.68 Å². The van der Waals surface area contributed by atoms with Crippen LogP contribution in [0, 0.1) is 23.2 Å². The molecule has 7 rings (SSSR count). The molecule has 6 aliphatic rings. The molecule has 1 aromatic heterocycles. The first-order chi connectivity index (χ1) is 14.7. The molecule has 164 valence electrons. The second-order valence-electron chi connectivity index (χ2n) is 11.3. The fraction of sp³-hybridized carbons (Fsp3) is 0.840. The Labute approximate surface area is 180 Å². The van der Waals surface area contributed by atoms with Crippen molar-refractivity contribution in [3.05, 3.63) is 11.3 Å². The summed E-state index contributed by atoms with van der Waals surface area (Å²) in [7, 11) is 0. The minimum atomic E-state index is -0.283. The smallest absolute Gasteiger partial charge is 0.389 e. The lowest BCUT2D eigenvalue weighted by Gasteiger charge is -2.56. The number of carbonyl (C=O) groups is 1. The highest BCUT2D eigenvalue weighted by molar-refractivity contribution is 5.70. The van der Waals surface area contributed by atoms with Gasteiger partial charge in [0.05, 0.1) is 6.04 Å². The van der Waals surface area contributed by atoms with Crippen LogP contribution >= 0.6 is 0 Å². The molecule has 5 saturated carbocycles. The molecule has 0 aromatic carbocycles. The summed E-state index contributed by atoms with van der Waals surface area (Å²) in [5.74, 6) is 3.33. The third-order valence-electron chi connectivity index (χ3n) is 9.05. The number of ether oxygens (including phenoxy) is 1. The molecule has 6 aliphatic carbocycles. The molecule has 1 heterocycles. The van der Waals surface area contributed by atoms with Crippen LogP contribution in [0.25, 0.3) is 0 Å². The maximum absolute atomic E-state index is 12.8. The molecule has 1 N–H and O–H groups in total. The number of amides is 1. The Bertz CT molecular complexity index is 772. The van der Waals surface area contributed by atoms with Gasteiger partial charge in [0, 0.05) is 17.8 Å². The minimum absolute atomic E-state index is 0.283. The van der Waals surface area contributed by atoms with E-state index in [1.807, 2.05) is 0 Å². The van der Waals surface area contributed by atoms with Gasteiger partial charge in [0.2, 0.25) is 5.88 Å². The maximum atomic E-state index is 12.8. The van der Waals surface area contributed by atoms with Gasteiger partial charge < -0.3 is 10.1 Å². The summed E-state index contributed by atoms with van der Waals surface area (Å²) in [5.41, 5.74) is 2.90. The largest absolute Gasteiger partial charge is 0.414 e. The topological polar surface area (TPSA) is 56.1 Å². The standard InChI is InChI=1S/C25H37N3O2/c29-24(26-16-25-13-17-10-18(14-25)12-19(11-17)15-25)30-23-21-8-2-1-3-9-22(21)28(27-23)20-6-4-5-7-20/h17-20H,1-16H2,(H,26,29). The van der Waals surface area contributed by atoms with E-state index in [4.69, 9.17) is 9.84 Å². The zero-order valence-electron chi connectivity index (χ0n) is 18.3. The van der Waals surface area contributed by atoms with Gasteiger partial charge in [0.15, 0.2) is 0 Å². The van der Waals surface area contributed by atoms with Crippen molar-refractivity contribution in [3.63, 3.8) is 0 Å². The van der Waals surface area contributed by atoms with Crippen LogP contribution in [0.1, 0.15) is 101 Å². The first kappa shape index (κ1) is 19.2. The van der Waals surface area contributed by atoms with Gasteiger partial charge in [-0.2, -0.15) is 0 Å². The monoisotopic (exact) mass is 411 g/mol. The van der Waals surface area contributed by atoms with Crippen molar-refractivity contribution < 1.29 is 9.53 Å². The molecule has 0 aliphatic heterocycles. The van der Waals surface area contributed by atoms with E-state index >= 15 is 0 Å². The second-order valence-corrected chi connectivity index (χ2v) is 11.3. The molecule has 0 atom stereocenters. The van der Waals surface area contributed by atoms with E-state index in [1.54, 1.807) is 0 Å². The average molecular weight is 412 g/mol. The van der Waals surface area contributed by atoms with Crippen LogP contribution in [0.3, 0.4) is 0 Å². The number of aromatic nitrogens is 2. The van der Waals surface area contributed by atoms with Gasteiger partial charge in [0.25, 0.3) is 0 Å². The molecule has 0 saturated heterocycles. The van der Waals surface area contributed by atoms with Crippen molar-refractivity contribution in [2.24, 2.45) is 23.2 Å². The summed E-state index contributed by atoms with van der Waals surface area (Å²) in [4.78, 5) is 12.8. The molecular weight excluding hydrogens is 374 g/mol. The zero-order chi connectivity index (χ0) is 20.1. The third-order valence-corrected chi connectivity index (χ3v) is 9.05. The highest BCUT2D eigenvalue weighted by Gasteiger charge is 2.50. The Balaban J connectivity index is 1.15. The van der Waals surface area contributed by atoms with Crippen LogP contribution in [0.15, 0.2) is 0 Å². The summed E-state index contributed by atoms with van der Waals surface area (Å²) >= 11 is 0. The first-order valence-electron chi connectivity index (χ1n) is 12.7. The summed E-state index contributed by atoms with van der Waals surface area (Å²) in [5, 5.41) is 8.04. The van der Waals surface area contributed by atoms with Crippen molar-refractivity contribution in [1.29, 1.82) is 0 Å². The quantitative estimate of drug-likeness (QED) is 0.659. The van der Waals surface area contributed by atoms with Crippen molar-refractivity contribution in [2.75, 3.05) is 6.54 Å². The van der Waals surface area contributed by atoms with Crippen molar-refractivity contribution in [2.45, 2.75) is 102 Å². The highest BCUT2D eigenvalue weighted by atomic mass is 16.6. The maximum Gasteiger partial charge on any atom is 0.414 e. The SMILES string of the molecule is O=C(NCC12CC3CC(CC(C3)C1)C2)Oc1nn(C2CCCC2)c2c1CCCCC2. The van der Waals surface area contributed by atoms with Crippen LogP contribution < -0.4 is 10.1 Å². The molecule has 1 amide bonds. The summed E-state index contributed by atoms with van der Waals surface area (Å²) in [6, 6.07) is 0.504. The number of carbonyl (C=O) groups excluding carboxylic acids is 1. The van der Waals surface area contributed by atoms with Crippen LogP contribution in [-0.2, 0) is 12.8 Å². The van der Waals surface area contributed by atoms with Crippen LogP contribution in [0.5, 0.6) is 5.88 Å². The van der Waals surface area contributed by atoms with Gasteiger partial charge in [0.1, 0.15) is 0 Å². The Hall–Kier alpha value is -1.52. The van der Waals surface area contributed by atoms with Gasteiger partial charge in [-0.05, 0) is 100 Å². The molecule has 1 aromatic rings. The summed E-state index contributed by atoms with van der Waals surface area (Å²) in [6.45, 7) is 0.793. The van der Waals surface area contributed by atoms with E-state index in [0.717, 1.165) is 37.1 Å². The van der Waals surface area contributed by atoms with E-state index in [1.165, 1.54) is 94.7 Å². The molecular formula is C25H37N3O2. The van der Waals surface area contributed by atoms with Crippen LogP contribution in [0.2, 0.25) is 0 Å². The van der Waals surface area contributed by atoms with Crippen molar-refractivity contribution in [1.82, 2.24) is 15.1 Å². The molecule has 0 unspecified atom stereocenters. The number of fused-ring (bicyclic) bond motifs is 1. The average Bonchev–Trinajstić information content (AvgIpc) is 3.27. The highest BCUT2D eigenvalue weighted by Crippen LogP contribution is 2.59. The Morgan fingerprint density at radius 2 is 1.63 bits per heavy atom. The molecule has 5 fully saturated rings. The van der Waals surface area contributed by atoms with E-state index in [2.05, 4.69) is 10.00 Å². The molecule has 5 heteroatoms. The van der Waals surface area contributed by atoms with Crippen molar-refractivity contribution >= 4 is 6.09 Å². The lowest BCUT2D eigenvalue weighted by atomic mass is 9.49. The molecule has 0 radical (unpaired) electrons. The lowest BCUT2D eigenvalue weighted by Crippen LogP contribution is -2.51. The Kier molecular flexibility index (Phi) is 4.84. The zero-order valence-corrected chi connectivity index (χ0v) is 18.3. The Morgan fingerprint density at radius 1 is 0.967 bits per heavy atom. The molecule has 5 nitrogen and oxygen atoms in total. The van der Waals surface area contributed by atoms with Gasteiger partial charge in [-0.25, -0.2) is 4.79 Å². The molecule has 30 heavy (non-hydrogen) atoms. The number of nitrogens with zero attached hydrogens (tertiary/aromatic N) is 2. The van der Waals surface area contributed by atoms with E-state index in [9.17, 15) is 4.79 Å². The third kappa shape index (κ3) is 3.46. The van der Waals surface area contributed by atoms with Gasteiger partial charge >= 0.3 is 6.09 Å². The number of hydrogen-bond donors (Lipinski definition) is 1. The first-order valence-corrected chi connectivity index (χ1v) is 12.7. The second kappa shape index (κ2) is 7.56. The van der Waals surface area contributed by atoms with Gasteiger partial charge in [-0.15, -0.1) is 5.10 Å². The number of rotatable bonds is 4. The number of hydrogen-bond acceptors (Lipinski definition) is 3. The number of nitrogens with one attached hydrogen (secondary N) is 1. The fourth-order valence-electron chi connectivity index (χ4n) is 8.19. The summed E-state index contributed by atoms with van der Waals surface area (Å²) in [6.07, 6.45) is 18.7. The van der Waals surface area contributed by atoms with Crippen LogP contribution in [-0.4, -0.2) is 22.4 Å². The molecule has 0 spiro atoms. The fourth-order valence-corrected chi connectivity index (χ4v) is 8.19. The van der Waals surface area contributed by atoms with E-state index in [0.29, 0.717) is 17.3 Å². The lowest BCUT2D eigenvalue weighted by molar-refractivity contribution is -0.0503. The predicted molar refractivity (Wildman–Crippen MR) is 116 cm³/mol. The van der Waals surface area contributed by atoms with E-state index in [-0.39, 0.29) is 6.09 Å². The summed E-state index contributed by atoms with van der Waals surface area (Å²) < 4.78 is 8.14. The van der Waals surface area contributed by atoms with E-state index < -0.39 is 0 Å². The predicted octanol–water partition coefficient (Wildman–Crippen LogP) is 5.57. The molecule has 4 bridgehead atoms. The van der Waals surface area contributed by atoms with Crippen LogP contribution in [0.4, 0.5) is 4.79 Å². The van der Waals surface area contributed by atoms with Gasteiger partial charge in [-0.1, -0.05) is 19.3 Å². The normalized spacial score (nSPS) is 35.3. The Morgan fingerprint density at radius 3 is 2.33 bits per heavy atom.